The van der Waals surface area contributed by atoms with Crippen LogP contribution in [-0.4, -0.2) is 30.6 Å². The molecule has 0 bridgehead atoms. The van der Waals surface area contributed by atoms with Crippen molar-refractivity contribution in [2.75, 3.05) is 13.1 Å². The SMILES string of the molecule is N#CCN.N#CCN.O=S(=O)([O-])[O-]. The van der Waals surface area contributed by atoms with E-state index in [-0.39, 0.29) is 13.1 Å². The van der Waals surface area contributed by atoms with Crippen LogP contribution in [-0.2, 0) is 10.4 Å². The molecule has 13 heavy (non-hydrogen) atoms. The lowest BCUT2D eigenvalue weighted by atomic mass is 10.8. The number of nitrogens with zero attached hydrogens (tertiary/aromatic N) is 2. The van der Waals surface area contributed by atoms with Gasteiger partial charge in [-0.15, -0.1) is 0 Å². The third-order valence-electron chi connectivity index (χ3n) is 0.183. The van der Waals surface area contributed by atoms with Crippen LogP contribution in [0.5, 0.6) is 0 Å². The molecule has 0 saturated heterocycles. The van der Waals surface area contributed by atoms with Crippen LogP contribution in [0.4, 0.5) is 0 Å². The van der Waals surface area contributed by atoms with Crippen molar-refractivity contribution in [1.82, 2.24) is 0 Å². The Hall–Kier alpha value is -1.23. The molecule has 0 fully saturated rings. The molecule has 0 spiro atoms. The molecule has 0 rings (SSSR count). The van der Waals surface area contributed by atoms with Gasteiger partial charge in [0.1, 0.15) is 0 Å². The third kappa shape index (κ3) is 1400. The maximum Gasteiger partial charge on any atom is 0.0815 e. The van der Waals surface area contributed by atoms with E-state index in [1.807, 2.05) is 0 Å². The largest absolute Gasteiger partial charge is 0.759 e. The standard InChI is InChI=1S/2C2H4N2.H2O4S/c2*3-1-2-4;1-5(2,3)4/h2*1,3H2;(H2,1,2,3,4)/p-2. The summed E-state index contributed by atoms with van der Waals surface area (Å²) in [5.41, 5.74) is 9.33. The highest BCUT2D eigenvalue weighted by atomic mass is 32.3. The molecular formula is C4H8N4O4S-2. The van der Waals surface area contributed by atoms with Crippen LogP contribution in [0.2, 0.25) is 0 Å². The molecule has 0 amide bonds. The first-order chi connectivity index (χ1) is 5.83. The molecule has 0 aromatic rings. The van der Waals surface area contributed by atoms with Crippen molar-refractivity contribution in [3.05, 3.63) is 0 Å². The van der Waals surface area contributed by atoms with Crippen LogP contribution in [0.25, 0.3) is 0 Å². The maximum atomic E-state index is 8.52. The lowest BCUT2D eigenvalue weighted by Crippen LogP contribution is -1.91. The second-order valence-electron chi connectivity index (χ2n) is 1.13. The smallest absolute Gasteiger partial charge is 0.0815 e. The van der Waals surface area contributed by atoms with E-state index in [0.29, 0.717) is 0 Å². The van der Waals surface area contributed by atoms with Crippen molar-refractivity contribution in [2.24, 2.45) is 11.5 Å². The number of rotatable bonds is 0. The summed E-state index contributed by atoms with van der Waals surface area (Å²) >= 11 is 0. The Morgan fingerprint density at radius 2 is 1.15 bits per heavy atom. The molecule has 0 atom stereocenters. The second-order valence-corrected chi connectivity index (χ2v) is 1.95. The summed E-state index contributed by atoms with van der Waals surface area (Å²) in [6, 6.07) is 3.42. The van der Waals surface area contributed by atoms with E-state index in [4.69, 9.17) is 28.0 Å². The minimum absolute atomic E-state index is 0.125. The topological polar surface area (TPSA) is 180 Å². The minimum Gasteiger partial charge on any atom is -0.759 e. The van der Waals surface area contributed by atoms with Crippen LogP contribution in [0.15, 0.2) is 0 Å². The Labute approximate surface area is 75.9 Å². The molecule has 0 aromatic carbocycles. The zero-order valence-corrected chi connectivity index (χ0v) is 7.32. The van der Waals surface area contributed by atoms with Crippen molar-refractivity contribution in [3.8, 4) is 12.1 Å². The van der Waals surface area contributed by atoms with Gasteiger partial charge < -0.3 is 20.6 Å². The monoisotopic (exact) mass is 208 g/mol. The Morgan fingerprint density at radius 3 is 1.15 bits per heavy atom. The molecule has 9 heteroatoms. The van der Waals surface area contributed by atoms with E-state index >= 15 is 0 Å². The summed E-state index contributed by atoms with van der Waals surface area (Å²) in [5, 5.41) is 15.0. The minimum atomic E-state index is -5.17. The normalized spacial score (nSPS) is 7.54. The molecular weight excluding hydrogens is 200 g/mol. The van der Waals surface area contributed by atoms with Crippen LogP contribution < -0.4 is 11.5 Å². The number of nitriles is 2. The number of hydrogen-bond acceptors (Lipinski definition) is 8. The van der Waals surface area contributed by atoms with Gasteiger partial charge in [-0.3, -0.25) is 8.42 Å². The summed E-state index contributed by atoms with van der Waals surface area (Å²) in [4.78, 5) is 0. The molecule has 0 aliphatic rings. The van der Waals surface area contributed by atoms with Gasteiger partial charge >= 0.3 is 0 Å². The Bertz CT molecular complexity index is 239. The molecule has 0 saturated carbocycles. The summed E-state index contributed by atoms with van der Waals surface area (Å²) in [6.07, 6.45) is 0. The van der Waals surface area contributed by atoms with Gasteiger partial charge in [0.05, 0.1) is 25.2 Å². The lowest BCUT2D eigenvalue weighted by Gasteiger charge is -2.06. The van der Waals surface area contributed by atoms with E-state index in [9.17, 15) is 0 Å². The number of hydrogen-bond donors (Lipinski definition) is 2. The van der Waals surface area contributed by atoms with Gasteiger partial charge in [0.25, 0.3) is 0 Å². The van der Waals surface area contributed by atoms with Crippen molar-refractivity contribution >= 4 is 10.4 Å². The van der Waals surface area contributed by atoms with Gasteiger partial charge in [0.2, 0.25) is 0 Å². The Balaban J connectivity index is -0.000000117. The zero-order valence-electron chi connectivity index (χ0n) is 6.50. The fourth-order valence-electron chi connectivity index (χ4n) is 0. The van der Waals surface area contributed by atoms with Gasteiger partial charge in [0.15, 0.2) is 0 Å². The van der Waals surface area contributed by atoms with Crippen LogP contribution in [0.3, 0.4) is 0 Å². The first-order valence-corrected chi connectivity index (χ1v) is 3.97. The van der Waals surface area contributed by atoms with Crippen molar-refractivity contribution in [1.29, 1.82) is 10.5 Å². The van der Waals surface area contributed by atoms with E-state index in [0.717, 1.165) is 0 Å². The maximum absolute atomic E-state index is 8.52. The van der Waals surface area contributed by atoms with Crippen molar-refractivity contribution < 1.29 is 17.5 Å². The van der Waals surface area contributed by atoms with Gasteiger partial charge in [-0.25, -0.2) is 0 Å². The van der Waals surface area contributed by atoms with Gasteiger partial charge in [-0.05, 0) is 0 Å². The molecule has 0 aliphatic carbocycles. The summed E-state index contributed by atoms with van der Waals surface area (Å²) in [7, 11) is -5.17. The fraction of sp³-hybridized carbons (Fsp3) is 0.500. The highest BCUT2D eigenvalue weighted by Gasteiger charge is 1.49. The predicted molar refractivity (Wildman–Crippen MR) is 39.8 cm³/mol. The van der Waals surface area contributed by atoms with Gasteiger partial charge in [-0.1, -0.05) is 0 Å². The highest BCUT2D eigenvalue weighted by molar-refractivity contribution is 7.79. The molecule has 76 valence electrons. The van der Waals surface area contributed by atoms with Crippen LogP contribution in [0.1, 0.15) is 0 Å². The molecule has 0 aromatic heterocycles. The molecule has 8 nitrogen and oxygen atoms in total. The Morgan fingerprint density at radius 1 is 1.08 bits per heavy atom. The van der Waals surface area contributed by atoms with Crippen molar-refractivity contribution in [3.63, 3.8) is 0 Å². The molecule has 0 heterocycles. The third-order valence-corrected chi connectivity index (χ3v) is 0.183. The first-order valence-electron chi connectivity index (χ1n) is 2.64. The van der Waals surface area contributed by atoms with E-state index in [1.165, 1.54) is 0 Å². The fourth-order valence-corrected chi connectivity index (χ4v) is 0. The van der Waals surface area contributed by atoms with E-state index in [2.05, 4.69) is 11.5 Å². The molecule has 0 unspecified atom stereocenters. The van der Waals surface area contributed by atoms with Crippen molar-refractivity contribution in [2.45, 2.75) is 0 Å². The van der Waals surface area contributed by atoms with E-state index < -0.39 is 10.4 Å². The van der Waals surface area contributed by atoms with Gasteiger partial charge in [-0.2, -0.15) is 10.5 Å². The summed E-state index contributed by atoms with van der Waals surface area (Å²) < 4.78 is 34.1. The average Bonchev–Trinajstić information content (AvgIpc) is 2.01. The number of nitrogens with two attached hydrogens (primary N) is 2. The second kappa shape index (κ2) is 13.4. The quantitative estimate of drug-likeness (QED) is 0.251. The average molecular weight is 208 g/mol. The predicted octanol–water partition coefficient (Wildman–Crippen LogP) is -2.40. The van der Waals surface area contributed by atoms with Crippen LogP contribution in [0, 0.1) is 22.7 Å². The Kier molecular flexibility index (Phi) is 18.3. The molecule has 4 N–H and O–H groups in total. The van der Waals surface area contributed by atoms with Crippen LogP contribution >= 0.6 is 0 Å². The highest BCUT2D eigenvalue weighted by Crippen LogP contribution is 1.57. The summed E-state index contributed by atoms with van der Waals surface area (Å²) in [5.74, 6) is 0. The molecule has 0 aliphatic heterocycles. The first kappa shape index (κ1) is 17.8. The zero-order chi connectivity index (χ0) is 11.3. The van der Waals surface area contributed by atoms with E-state index in [1.54, 1.807) is 12.1 Å². The van der Waals surface area contributed by atoms with Gasteiger partial charge in [0, 0.05) is 10.4 Å². The molecule has 0 radical (unpaired) electrons. The lowest BCUT2D eigenvalue weighted by molar-refractivity contribution is 0.352. The summed E-state index contributed by atoms with van der Waals surface area (Å²) in [6.45, 7) is 0.250.